The molecule has 12 heavy (non-hydrogen) atoms. The van der Waals surface area contributed by atoms with E-state index >= 15 is 0 Å². The quantitative estimate of drug-likeness (QED) is 0.677. The number of nitrogens with zero attached hydrogens (tertiary/aromatic N) is 1. The Hall–Kier alpha value is -0.0900. The number of rotatable bonds is 4. The molecule has 74 valence electrons. The van der Waals surface area contributed by atoms with E-state index in [4.69, 9.17) is 0 Å². The Morgan fingerprint density at radius 1 is 1.17 bits per heavy atom. The van der Waals surface area contributed by atoms with Crippen LogP contribution in [-0.2, 0) is 10.0 Å². The monoisotopic (exact) mass is 193 g/mol. The predicted molar refractivity (Wildman–Crippen MR) is 51.6 cm³/mol. The summed E-state index contributed by atoms with van der Waals surface area (Å²) in [6.45, 7) is 9.62. The van der Waals surface area contributed by atoms with Crippen molar-refractivity contribution in [1.29, 1.82) is 0 Å². The second-order valence-corrected chi connectivity index (χ2v) is 5.83. The average molecular weight is 193 g/mol. The lowest BCUT2D eigenvalue weighted by Gasteiger charge is -2.26. The second-order valence-electron chi connectivity index (χ2n) is 3.39. The lowest BCUT2D eigenvalue weighted by Crippen LogP contribution is -2.40. The van der Waals surface area contributed by atoms with Crippen molar-refractivity contribution in [3.63, 3.8) is 0 Å². The normalized spacial score (nSPS) is 13.3. The van der Waals surface area contributed by atoms with Crippen LogP contribution in [0.15, 0.2) is 0 Å². The van der Waals surface area contributed by atoms with Gasteiger partial charge in [-0.05, 0) is 27.7 Å². The van der Waals surface area contributed by atoms with Gasteiger partial charge in [-0.3, -0.25) is 0 Å². The summed E-state index contributed by atoms with van der Waals surface area (Å²) in [7, 11) is -3.05. The molecule has 0 rings (SSSR count). The maximum absolute atomic E-state index is 11.6. The molecule has 0 aromatic rings. The number of hydrogen-bond acceptors (Lipinski definition) is 2. The smallest absolute Gasteiger partial charge is 0.212 e. The molecule has 0 heterocycles. The molecule has 0 bridgehead atoms. The van der Waals surface area contributed by atoms with Crippen LogP contribution in [0.5, 0.6) is 0 Å². The van der Waals surface area contributed by atoms with Crippen molar-refractivity contribution in [3.8, 4) is 0 Å². The summed E-state index contributed by atoms with van der Waals surface area (Å²) in [4.78, 5) is 0. The van der Waals surface area contributed by atoms with Gasteiger partial charge in [0.05, 0.1) is 5.25 Å². The van der Waals surface area contributed by atoms with E-state index in [-0.39, 0.29) is 11.3 Å². The largest absolute Gasteiger partial charge is 0.216 e. The van der Waals surface area contributed by atoms with Gasteiger partial charge < -0.3 is 0 Å². The van der Waals surface area contributed by atoms with E-state index in [0.29, 0.717) is 6.54 Å². The molecule has 0 spiro atoms. The van der Waals surface area contributed by atoms with Crippen molar-refractivity contribution in [2.45, 2.75) is 45.9 Å². The van der Waals surface area contributed by atoms with Crippen LogP contribution in [-0.4, -0.2) is 30.6 Å². The van der Waals surface area contributed by atoms with Gasteiger partial charge in [-0.2, -0.15) is 4.31 Å². The van der Waals surface area contributed by atoms with Crippen LogP contribution in [0, 0.1) is 0 Å². The molecule has 0 saturated heterocycles. The molecule has 0 saturated carbocycles. The van der Waals surface area contributed by atoms with Crippen LogP contribution in [0.1, 0.15) is 34.6 Å². The van der Waals surface area contributed by atoms with Gasteiger partial charge >= 0.3 is 0 Å². The van der Waals surface area contributed by atoms with E-state index in [1.807, 2.05) is 20.8 Å². The zero-order valence-corrected chi connectivity index (χ0v) is 9.35. The van der Waals surface area contributed by atoms with Crippen LogP contribution in [0.25, 0.3) is 0 Å². The maximum atomic E-state index is 11.6. The fourth-order valence-corrected chi connectivity index (χ4v) is 2.60. The van der Waals surface area contributed by atoms with E-state index in [9.17, 15) is 8.42 Å². The van der Waals surface area contributed by atoms with E-state index in [1.165, 1.54) is 4.31 Å². The van der Waals surface area contributed by atoms with Crippen molar-refractivity contribution >= 4 is 10.0 Å². The van der Waals surface area contributed by atoms with Gasteiger partial charge in [0.1, 0.15) is 0 Å². The highest BCUT2D eigenvalue weighted by Gasteiger charge is 2.26. The van der Waals surface area contributed by atoms with E-state index in [1.54, 1.807) is 13.8 Å². The van der Waals surface area contributed by atoms with Crippen LogP contribution in [0.3, 0.4) is 0 Å². The first-order valence-electron chi connectivity index (χ1n) is 4.34. The third kappa shape index (κ3) is 2.45. The minimum Gasteiger partial charge on any atom is -0.212 e. The van der Waals surface area contributed by atoms with Gasteiger partial charge in [0.15, 0.2) is 0 Å². The molecular formula is C8H19NO2S. The predicted octanol–water partition coefficient (Wildman–Crippen LogP) is 1.45. The zero-order chi connectivity index (χ0) is 9.94. The number of hydrogen-bond donors (Lipinski definition) is 0. The van der Waals surface area contributed by atoms with Gasteiger partial charge in [0.2, 0.25) is 10.0 Å². The van der Waals surface area contributed by atoms with Crippen LogP contribution in [0.2, 0.25) is 0 Å². The summed E-state index contributed by atoms with van der Waals surface area (Å²) in [5.74, 6) is 0. The van der Waals surface area contributed by atoms with Gasteiger partial charge in [-0.1, -0.05) is 6.92 Å². The summed E-state index contributed by atoms with van der Waals surface area (Å²) in [6, 6.07) is 0.0578. The van der Waals surface area contributed by atoms with Crippen LogP contribution in [0.4, 0.5) is 0 Å². The molecule has 0 atom stereocenters. The van der Waals surface area contributed by atoms with E-state index in [2.05, 4.69) is 0 Å². The first kappa shape index (κ1) is 11.9. The third-order valence-corrected chi connectivity index (χ3v) is 4.34. The summed E-state index contributed by atoms with van der Waals surface area (Å²) in [5, 5.41) is -0.320. The molecular weight excluding hydrogens is 174 g/mol. The zero-order valence-electron chi connectivity index (χ0n) is 8.53. The highest BCUT2D eigenvalue weighted by Crippen LogP contribution is 2.11. The molecule has 0 radical (unpaired) electrons. The van der Waals surface area contributed by atoms with Crippen molar-refractivity contribution in [1.82, 2.24) is 4.31 Å². The Balaban J connectivity index is 4.74. The molecule has 0 N–H and O–H groups in total. The highest BCUT2D eigenvalue weighted by molar-refractivity contribution is 7.89. The molecule has 0 unspecified atom stereocenters. The van der Waals surface area contributed by atoms with E-state index in [0.717, 1.165) is 0 Å². The Morgan fingerprint density at radius 3 is 1.67 bits per heavy atom. The minimum absolute atomic E-state index is 0.0578. The minimum atomic E-state index is -3.05. The SMILES string of the molecule is CCN(C(C)C)S(=O)(=O)C(C)C. The van der Waals surface area contributed by atoms with Crippen molar-refractivity contribution < 1.29 is 8.42 Å². The Morgan fingerprint density at radius 2 is 1.58 bits per heavy atom. The summed E-state index contributed by atoms with van der Waals surface area (Å²) < 4.78 is 24.8. The molecule has 0 aliphatic heterocycles. The standard InChI is InChI=1S/C8H19NO2S/c1-6-9(7(2)3)12(10,11)8(4)5/h7-8H,6H2,1-5H3. The van der Waals surface area contributed by atoms with Crippen LogP contribution >= 0.6 is 0 Å². The molecule has 0 amide bonds. The van der Waals surface area contributed by atoms with Gasteiger partial charge in [0.25, 0.3) is 0 Å². The Kier molecular flexibility index (Phi) is 4.20. The molecule has 0 fully saturated rings. The topological polar surface area (TPSA) is 37.4 Å². The summed E-state index contributed by atoms with van der Waals surface area (Å²) in [6.07, 6.45) is 0. The molecule has 0 aliphatic rings. The van der Waals surface area contributed by atoms with Crippen LogP contribution < -0.4 is 0 Å². The fraction of sp³-hybridized carbons (Fsp3) is 1.00. The van der Waals surface area contributed by atoms with Gasteiger partial charge in [0, 0.05) is 12.6 Å². The lowest BCUT2D eigenvalue weighted by atomic mass is 10.4. The number of sulfonamides is 1. The first-order valence-corrected chi connectivity index (χ1v) is 5.85. The summed E-state index contributed by atoms with van der Waals surface area (Å²) in [5.41, 5.74) is 0. The second kappa shape index (κ2) is 4.23. The van der Waals surface area contributed by atoms with Crippen molar-refractivity contribution in [3.05, 3.63) is 0 Å². The Labute approximate surface area is 75.8 Å². The van der Waals surface area contributed by atoms with Gasteiger partial charge in [-0.15, -0.1) is 0 Å². The van der Waals surface area contributed by atoms with Crippen molar-refractivity contribution in [2.24, 2.45) is 0 Å². The van der Waals surface area contributed by atoms with Gasteiger partial charge in [-0.25, -0.2) is 8.42 Å². The summed E-state index contributed by atoms with van der Waals surface area (Å²) >= 11 is 0. The highest BCUT2D eigenvalue weighted by atomic mass is 32.2. The first-order chi connectivity index (χ1) is 5.34. The molecule has 0 aromatic heterocycles. The molecule has 4 heteroatoms. The molecule has 3 nitrogen and oxygen atoms in total. The van der Waals surface area contributed by atoms with E-state index < -0.39 is 10.0 Å². The van der Waals surface area contributed by atoms with Crippen molar-refractivity contribution in [2.75, 3.05) is 6.54 Å². The molecule has 0 aliphatic carbocycles. The lowest BCUT2D eigenvalue weighted by molar-refractivity contribution is 0.365. The fourth-order valence-electron chi connectivity index (χ4n) is 1.11. The molecule has 0 aromatic carbocycles. The maximum Gasteiger partial charge on any atom is 0.216 e. The average Bonchev–Trinajstić information content (AvgIpc) is 1.86. The Bertz CT molecular complexity index is 219. The third-order valence-electron chi connectivity index (χ3n) is 1.81.